The van der Waals surface area contributed by atoms with Crippen LogP contribution in [0.1, 0.15) is 5.56 Å². The lowest BCUT2D eigenvalue weighted by Crippen LogP contribution is -1.94. The molecule has 56 valence electrons. The molecule has 0 atom stereocenters. The molecule has 0 saturated heterocycles. The van der Waals surface area contributed by atoms with Gasteiger partial charge in [0.2, 0.25) is 0 Å². The van der Waals surface area contributed by atoms with Gasteiger partial charge in [-0.15, -0.1) is 0 Å². The Morgan fingerprint density at radius 1 is 1.20 bits per heavy atom. The Bertz CT molecular complexity index is 151. The van der Waals surface area contributed by atoms with Gasteiger partial charge in [0.15, 0.2) is 0 Å². The number of aliphatic hydroxyl groups is 1. The van der Waals surface area contributed by atoms with Crippen LogP contribution in [0.25, 0.3) is 0 Å². The van der Waals surface area contributed by atoms with Crippen LogP contribution in [0.2, 0.25) is 0 Å². The van der Waals surface area contributed by atoms with Crippen molar-refractivity contribution in [2.24, 2.45) is 5.73 Å². The molecule has 0 unspecified atom stereocenters. The second-order valence-electron chi connectivity index (χ2n) is 1.69. The van der Waals surface area contributed by atoms with Crippen molar-refractivity contribution in [1.82, 2.24) is 0 Å². The van der Waals surface area contributed by atoms with Crippen molar-refractivity contribution in [3.63, 3.8) is 0 Å². The second kappa shape index (κ2) is 6.26. The highest BCUT2D eigenvalue weighted by atomic mass is 16.2. The summed E-state index contributed by atoms with van der Waals surface area (Å²) in [6.07, 6.45) is 0. The second-order valence-corrected chi connectivity index (χ2v) is 1.69. The lowest BCUT2D eigenvalue weighted by atomic mass is 10.2. The maximum absolute atomic E-state index is 7.00. The zero-order valence-electron chi connectivity index (χ0n) is 6.12. The van der Waals surface area contributed by atoms with E-state index >= 15 is 0 Å². The number of benzene rings is 1. The molecule has 0 aliphatic heterocycles. The van der Waals surface area contributed by atoms with E-state index in [0.29, 0.717) is 6.54 Å². The van der Waals surface area contributed by atoms with E-state index in [1.54, 1.807) is 0 Å². The Labute approximate surface area is 61.3 Å². The highest BCUT2D eigenvalue weighted by molar-refractivity contribution is 5.13. The van der Waals surface area contributed by atoms with Crippen molar-refractivity contribution < 1.29 is 5.11 Å². The van der Waals surface area contributed by atoms with Gasteiger partial charge in [0.1, 0.15) is 0 Å². The van der Waals surface area contributed by atoms with Gasteiger partial charge in [-0.3, -0.25) is 0 Å². The van der Waals surface area contributed by atoms with Crippen LogP contribution in [-0.2, 0) is 6.54 Å². The fourth-order valence-corrected chi connectivity index (χ4v) is 0.614. The first-order valence-corrected chi connectivity index (χ1v) is 3.12. The molecule has 3 N–H and O–H groups in total. The third kappa shape index (κ3) is 3.22. The fourth-order valence-electron chi connectivity index (χ4n) is 0.614. The first-order valence-electron chi connectivity index (χ1n) is 3.12. The zero-order chi connectivity index (χ0) is 7.82. The number of hydrogen-bond acceptors (Lipinski definition) is 2. The summed E-state index contributed by atoms with van der Waals surface area (Å²) in [7, 11) is 1.00. The minimum Gasteiger partial charge on any atom is -0.400 e. The quantitative estimate of drug-likeness (QED) is 0.603. The average Bonchev–Trinajstić information content (AvgIpc) is 2.10. The van der Waals surface area contributed by atoms with Crippen molar-refractivity contribution >= 4 is 0 Å². The van der Waals surface area contributed by atoms with E-state index in [1.807, 2.05) is 30.3 Å². The summed E-state index contributed by atoms with van der Waals surface area (Å²) in [6, 6.07) is 9.99. The number of nitrogens with two attached hydrogens (primary N) is 1. The van der Waals surface area contributed by atoms with Crippen LogP contribution in [-0.4, -0.2) is 12.2 Å². The molecule has 0 amide bonds. The highest BCUT2D eigenvalue weighted by Gasteiger charge is 1.80. The predicted octanol–water partition coefficient (Wildman–Crippen LogP) is 0.754. The highest BCUT2D eigenvalue weighted by Crippen LogP contribution is 1.94. The van der Waals surface area contributed by atoms with E-state index in [0.717, 1.165) is 7.11 Å². The molecule has 10 heavy (non-hydrogen) atoms. The minimum absolute atomic E-state index is 0.640. The van der Waals surface area contributed by atoms with E-state index in [2.05, 4.69) is 0 Å². The van der Waals surface area contributed by atoms with E-state index in [-0.39, 0.29) is 0 Å². The summed E-state index contributed by atoms with van der Waals surface area (Å²) in [4.78, 5) is 0. The summed E-state index contributed by atoms with van der Waals surface area (Å²) in [6.45, 7) is 0.640. The van der Waals surface area contributed by atoms with Crippen LogP contribution < -0.4 is 5.73 Å². The first-order chi connectivity index (χ1) is 4.93. The molecule has 2 heteroatoms. The standard InChI is InChI=1S/C7H9N.CH4O/c8-6-7-4-2-1-3-5-7;1-2/h1-5H,6,8H2;2H,1H3. The Kier molecular flexibility index (Phi) is 5.72. The molecular formula is C8H13NO. The van der Waals surface area contributed by atoms with Gasteiger partial charge in [-0.2, -0.15) is 0 Å². The van der Waals surface area contributed by atoms with Gasteiger partial charge < -0.3 is 10.8 Å². The summed E-state index contributed by atoms with van der Waals surface area (Å²) >= 11 is 0. The number of hydrogen-bond donors (Lipinski definition) is 2. The SMILES string of the molecule is CO.NCc1ccccc1. The summed E-state index contributed by atoms with van der Waals surface area (Å²) in [5, 5.41) is 7.00. The Hall–Kier alpha value is -0.860. The average molecular weight is 139 g/mol. The molecule has 0 aromatic heterocycles. The molecule has 1 aromatic carbocycles. The number of rotatable bonds is 1. The van der Waals surface area contributed by atoms with E-state index in [9.17, 15) is 0 Å². The van der Waals surface area contributed by atoms with Gasteiger partial charge in [0.05, 0.1) is 0 Å². The minimum atomic E-state index is 0.640. The van der Waals surface area contributed by atoms with Crippen molar-refractivity contribution in [3.8, 4) is 0 Å². The monoisotopic (exact) mass is 139 g/mol. The maximum atomic E-state index is 7.00. The first kappa shape index (κ1) is 9.14. The van der Waals surface area contributed by atoms with Crippen LogP contribution in [0.5, 0.6) is 0 Å². The molecule has 0 fully saturated rings. The fraction of sp³-hybridized carbons (Fsp3) is 0.250. The third-order valence-corrected chi connectivity index (χ3v) is 1.08. The molecule has 0 saturated carbocycles. The molecule has 0 radical (unpaired) electrons. The molecule has 0 aliphatic carbocycles. The Morgan fingerprint density at radius 2 is 1.70 bits per heavy atom. The maximum Gasteiger partial charge on any atom is 0.0319 e. The van der Waals surface area contributed by atoms with E-state index in [4.69, 9.17) is 10.8 Å². The van der Waals surface area contributed by atoms with Gasteiger partial charge in [-0.1, -0.05) is 30.3 Å². The normalized spacial score (nSPS) is 7.90. The van der Waals surface area contributed by atoms with Crippen LogP contribution >= 0.6 is 0 Å². The smallest absolute Gasteiger partial charge is 0.0319 e. The van der Waals surface area contributed by atoms with E-state index < -0.39 is 0 Å². The van der Waals surface area contributed by atoms with Crippen LogP contribution in [0.3, 0.4) is 0 Å². The third-order valence-electron chi connectivity index (χ3n) is 1.08. The Morgan fingerprint density at radius 3 is 2.00 bits per heavy atom. The molecule has 2 nitrogen and oxygen atoms in total. The molecule has 1 aromatic rings. The number of aliphatic hydroxyl groups excluding tert-OH is 1. The Balaban J connectivity index is 0.000000371. The van der Waals surface area contributed by atoms with Gasteiger partial charge in [0, 0.05) is 13.7 Å². The predicted molar refractivity (Wildman–Crippen MR) is 42.5 cm³/mol. The van der Waals surface area contributed by atoms with Crippen LogP contribution in [0.15, 0.2) is 30.3 Å². The molecule has 0 spiro atoms. The van der Waals surface area contributed by atoms with Gasteiger partial charge in [-0.25, -0.2) is 0 Å². The van der Waals surface area contributed by atoms with Gasteiger partial charge in [0.25, 0.3) is 0 Å². The van der Waals surface area contributed by atoms with E-state index in [1.165, 1.54) is 5.56 Å². The van der Waals surface area contributed by atoms with Crippen molar-refractivity contribution in [2.75, 3.05) is 7.11 Å². The summed E-state index contributed by atoms with van der Waals surface area (Å²) in [5.41, 5.74) is 6.54. The van der Waals surface area contributed by atoms with Crippen LogP contribution in [0.4, 0.5) is 0 Å². The summed E-state index contributed by atoms with van der Waals surface area (Å²) < 4.78 is 0. The van der Waals surface area contributed by atoms with Crippen LogP contribution in [0, 0.1) is 0 Å². The molecule has 0 heterocycles. The molecule has 1 rings (SSSR count). The van der Waals surface area contributed by atoms with Gasteiger partial charge >= 0.3 is 0 Å². The van der Waals surface area contributed by atoms with Gasteiger partial charge in [-0.05, 0) is 5.56 Å². The topological polar surface area (TPSA) is 46.2 Å². The lowest BCUT2D eigenvalue weighted by Gasteiger charge is -1.90. The lowest BCUT2D eigenvalue weighted by molar-refractivity contribution is 0.399. The molecule has 0 bridgehead atoms. The molecular weight excluding hydrogens is 126 g/mol. The molecule has 0 aliphatic rings. The van der Waals surface area contributed by atoms with Crippen molar-refractivity contribution in [1.29, 1.82) is 0 Å². The van der Waals surface area contributed by atoms with Crippen molar-refractivity contribution in [2.45, 2.75) is 6.54 Å². The van der Waals surface area contributed by atoms with Crippen molar-refractivity contribution in [3.05, 3.63) is 35.9 Å². The zero-order valence-corrected chi connectivity index (χ0v) is 6.12. The summed E-state index contributed by atoms with van der Waals surface area (Å²) in [5.74, 6) is 0. The largest absolute Gasteiger partial charge is 0.400 e.